The van der Waals surface area contributed by atoms with E-state index in [2.05, 4.69) is 15.2 Å². The van der Waals surface area contributed by atoms with Crippen LogP contribution in [0.2, 0.25) is 5.02 Å². The Morgan fingerprint density at radius 3 is 2.57 bits per heavy atom. The Balaban J connectivity index is 1.56. The van der Waals surface area contributed by atoms with Crippen LogP contribution < -0.4 is 0 Å². The molecule has 1 fully saturated rings. The fourth-order valence-corrected chi connectivity index (χ4v) is 3.41. The monoisotopic (exact) mass is 350 g/mol. The van der Waals surface area contributed by atoms with Crippen LogP contribution in [0.4, 0.5) is 0 Å². The lowest BCUT2D eigenvalue weighted by Crippen LogP contribution is -2.33. The minimum atomic E-state index is 0.176. The van der Waals surface area contributed by atoms with E-state index in [0.717, 1.165) is 31.5 Å². The van der Waals surface area contributed by atoms with E-state index in [0.29, 0.717) is 21.8 Å². The third kappa shape index (κ3) is 4.48. The van der Waals surface area contributed by atoms with Gasteiger partial charge in [0, 0.05) is 23.7 Å². The van der Waals surface area contributed by atoms with E-state index in [9.17, 15) is 4.79 Å². The van der Waals surface area contributed by atoms with Crippen molar-refractivity contribution in [2.24, 2.45) is 0 Å². The minimum absolute atomic E-state index is 0.176. The van der Waals surface area contributed by atoms with Gasteiger partial charge in [0.25, 0.3) is 0 Å². The van der Waals surface area contributed by atoms with Crippen LogP contribution >= 0.6 is 23.4 Å². The highest BCUT2D eigenvalue weighted by atomic mass is 35.5. The molecule has 2 aromatic rings. The maximum atomic E-state index is 12.3. The molecule has 1 amide bonds. The van der Waals surface area contributed by atoms with Crippen molar-refractivity contribution in [1.29, 1.82) is 0 Å². The number of hydrogen-bond acceptors (Lipinski definition) is 4. The topological polar surface area (TPSA) is 61.9 Å². The molecule has 7 heteroatoms. The average molecular weight is 351 g/mol. The number of thioether (sulfide) groups is 1. The van der Waals surface area contributed by atoms with Crippen molar-refractivity contribution in [1.82, 2.24) is 20.1 Å². The van der Waals surface area contributed by atoms with Crippen LogP contribution in [-0.2, 0) is 4.79 Å². The first-order chi connectivity index (χ1) is 11.2. The van der Waals surface area contributed by atoms with E-state index in [1.54, 1.807) is 0 Å². The number of aromatic amines is 1. The SMILES string of the molecule is O=C(CSc1n[nH]c(-c2ccc(Cl)cc2)n1)N1CCCCCC1. The Kier molecular flexibility index (Phi) is 5.56. The summed E-state index contributed by atoms with van der Waals surface area (Å²) in [5.41, 5.74) is 0.924. The van der Waals surface area contributed by atoms with Gasteiger partial charge in [-0.05, 0) is 37.1 Å². The van der Waals surface area contributed by atoms with Crippen LogP contribution in [0.3, 0.4) is 0 Å². The molecule has 1 aliphatic heterocycles. The molecule has 0 spiro atoms. The number of aromatic nitrogens is 3. The molecule has 0 bridgehead atoms. The van der Waals surface area contributed by atoms with Crippen LogP contribution in [-0.4, -0.2) is 44.8 Å². The highest BCUT2D eigenvalue weighted by Crippen LogP contribution is 2.21. The molecule has 1 N–H and O–H groups in total. The zero-order valence-electron chi connectivity index (χ0n) is 12.8. The predicted octanol–water partition coefficient (Wildman–Crippen LogP) is 3.62. The van der Waals surface area contributed by atoms with Crippen LogP contribution in [0.1, 0.15) is 25.7 Å². The molecule has 3 rings (SSSR count). The quantitative estimate of drug-likeness (QED) is 0.855. The molecule has 1 aromatic carbocycles. The van der Waals surface area contributed by atoms with Gasteiger partial charge in [-0.3, -0.25) is 9.89 Å². The van der Waals surface area contributed by atoms with Crippen molar-refractivity contribution < 1.29 is 4.79 Å². The van der Waals surface area contributed by atoms with E-state index in [1.807, 2.05) is 29.2 Å². The number of carbonyl (C=O) groups excluding carboxylic acids is 1. The molecular formula is C16H19ClN4OS. The van der Waals surface area contributed by atoms with E-state index in [4.69, 9.17) is 11.6 Å². The highest BCUT2D eigenvalue weighted by molar-refractivity contribution is 7.99. The van der Waals surface area contributed by atoms with Gasteiger partial charge in [-0.1, -0.05) is 36.2 Å². The number of hydrogen-bond donors (Lipinski definition) is 1. The maximum absolute atomic E-state index is 12.3. The third-order valence-electron chi connectivity index (χ3n) is 3.87. The number of amides is 1. The number of H-pyrrole nitrogens is 1. The Labute approximate surface area is 144 Å². The molecule has 0 unspecified atom stereocenters. The Hall–Kier alpha value is -1.53. The normalized spacial score (nSPS) is 15.4. The summed E-state index contributed by atoms with van der Waals surface area (Å²) in [6.07, 6.45) is 4.67. The largest absolute Gasteiger partial charge is 0.342 e. The molecule has 1 saturated heterocycles. The van der Waals surface area contributed by atoms with Gasteiger partial charge in [-0.2, -0.15) is 0 Å². The van der Waals surface area contributed by atoms with Gasteiger partial charge in [-0.25, -0.2) is 4.98 Å². The van der Waals surface area contributed by atoms with Gasteiger partial charge in [0.05, 0.1) is 5.75 Å². The van der Waals surface area contributed by atoms with Crippen molar-refractivity contribution in [3.8, 4) is 11.4 Å². The molecule has 23 heavy (non-hydrogen) atoms. The lowest BCUT2D eigenvalue weighted by Gasteiger charge is -2.19. The van der Waals surface area contributed by atoms with Crippen molar-refractivity contribution in [3.63, 3.8) is 0 Å². The number of nitrogens with zero attached hydrogens (tertiary/aromatic N) is 3. The fourth-order valence-electron chi connectivity index (χ4n) is 2.59. The first-order valence-corrected chi connectivity index (χ1v) is 9.17. The minimum Gasteiger partial charge on any atom is -0.342 e. The summed E-state index contributed by atoms with van der Waals surface area (Å²) < 4.78 is 0. The van der Waals surface area contributed by atoms with Gasteiger partial charge >= 0.3 is 0 Å². The molecule has 0 aliphatic carbocycles. The molecule has 0 radical (unpaired) electrons. The number of carbonyl (C=O) groups is 1. The molecule has 5 nitrogen and oxygen atoms in total. The smallest absolute Gasteiger partial charge is 0.233 e. The zero-order valence-corrected chi connectivity index (χ0v) is 14.4. The van der Waals surface area contributed by atoms with E-state index in [-0.39, 0.29) is 5.91 Å². The maximum Gasteiger partial charge on any atom is 0.233 e. The van der Waals surface area contributed by atoms with Crippen molar-refractivity contribution in [2.45, 2.75) is 30.8 Å². The Morgan fingerprint density at radius 2 is 1.87 bits per heavy atom. The van der Waals surface area contributed by atoms with Gasteiger partial charge in [0.15, 0.2) is 5.82 Å². The second-order valence-corrected chi connectivity index (χ2v) is 6.94. The molecule has 1 aliphatic rings. The van der Waals surface area contributed by atoms with Gasteiger partial charge < -0.3 is 4.90 Å². The van der Waals surface area contributed by atoms with E-state index < -0.39 is 0 Å². The number of likely N-dealkylation sites (tertiary alicyclic amines) is 1. The second-order valence-electron chi connectivity index (χ2n) is 5.56. The molecule has 0 atom stereocenters. The van der Waals surface area contributed by atoms with Gasteiger partial charge in [0.1, 0.15) is 0 Å². The summed E-state index contributed by atoms with van der Waals surface area (Å²) >= 11 is 7.26. The standard InChI is InChI=1S/C16H19ClN4OS/c17-13-7-5-12(6-8-13)15-18-16(20-19-15)23-11-14(22)21-9-3-1-2-4-10-21/h5-8H,1-4,9-11H2,(H,18,19,20). The molecule has 2 heterocycles. The molecule has 122 valence electrons. The van der Waals surface area contributed by atoms with Crippen LogP contribution in [0, 0.1) is 0 Å². The molecule has 1 aromatic heterocycles. The summed E-state index contributed by atoms with van der Waals surface area (Å²) in [5, 5.41) is 8.36. The zero-order chi connectivity index (χ0) is 16.1. The van der Waals surface area contributed by atoms with Crippen LogP contribution in [0.25, 0.3) is 11.4 Å². The Morgan fingerprint density at radius 1 is 1.17 bits per heavy atom. The van der Waals surface area contributed by atoms with Crippen molar-refractivity contribution in [2.75, 3.05) is 18.8 Å². The highest BCUT2D eigenvalue weighted by Gasteiger charge is 2.16. The number of nitrogens with one attached hydrogen (secondary N) is 1. The number of halogens is 1. The summed E-state index contributed by atoms with van der Waals surface area (Å²) in [4.78, 5) is 18.7. The predicted molar refractivity (Wildman–Crippen MR) is 92.6 cm³/mol. The average Bonchev–Trinajstić information content (AvgIpc) is 2.86. The molecular weight excluding hydrogens is 332 g/mol. The summed E-state index contributed by atoms with van der Waals surface area (Å²) in [6.45, 7) is 1.76. The number of benzene rings is 1. The summed E-state index contributed by atoms with van der Waals surface area (Å²) in [7, 11) is 0. The summed E-state index contributed by atoms with van der Waals surface area (Å²) in [6, 6.07) is 7.41. The first-order valence-electron chi connectivity index (χ1n) is 7.81. The van der Waals surface area contributed by atoms with Crippen molar-refractivity contribution in [3.05, 3.63) is 29.3 Å². The number of rotatable bonds is 4. The second kappa shape index (κ2) is 7.84. The lowest BCUT2D eigenvalue weighted by atomic mass is 10.2. The van der Waals surface area contributed by atoms with Gasteiger partial charge in [0.2, 0.25) is 11.1 Å². The fraction of sp³-hybridized carbons (Fsp3) is 0.438. The van der Waals surface area contributed by atoms with Crippen LogP contribution in [0.15, 0.2) is 29.4 Å². The van der Waals surface area contributed by atoms with Crippen LogP contribution in [0.5, 0.6) is 0 Å². The van der Waals surface area contributed by atoms with Gasteiger partial charge in [-0.15, -0.1) is 5.10 Å². The molecule has 0 saturated carbocycles. The van der Waals surface area contributed by atoms with E-state index >= 15 is 0 Å². The lowest BCUT2D eigenvalue weighted by molar-refractivity contribution is -0.128. The summed E-state index contributed by atoms with van der Waals surface area (Å²) in [5.74, 6) is 1.25. The third-order valence-corrected chi connectivity index (χ3v) is 4.95. The first kappa shape index (κ1) is 16.3. The van der Waals surface area contributed by atoms with E-state index in [1.165, 1.54) is 24.6 Å². The Bertz CT molecular complexity index is 650. The van der Waals surface area contributed by atoms with Crippen molar-refractivity contribution >= 4 is 29.3 Å².